The van der Waals surface area contributed by atoms with Crippen molar-refractivity contribution in [3.63, 3.8) is 0 Å². The van der Waals surface area contributed by atoms with Crippen molar-refractivity contribution in [1.82, 2.24) is 9.88 Å². The van der Waals surface area contributed by atoms with Crippen molar-refractivity contribution in [3.8, 4) is 0 Å². The molecule has 2 saturated heterocycles. The molecule has 20 heavy (non-hydrogen) atoms. The standard InChI is InChI=1S/C16H26N4/c1-19-8-4-5-14(13-19)11-17-15-6-7-16(18-12-15)20-9-2-3-10-20/h6-7,12,14,17H,2-5,8-11,13H2,1H3. The minimum Gasteiger partial charge on any atom is -0.383 e. The molecule has 0 saturated carbocycles. The molecular formula is C16H26N4. The van der Waals surface area contributed by atoms with E-state index in [0.717, 1.165) is 37.1 Å². The van der Waals surface area contributed by atoms with Gasteiger partial charge < -0.3 is 15.1 Å². The van der Waals surface area contributed by atoms with Gasteiger partial charge in [-0.25, -0.2) is 4.98 Å². The first-order chi connectivity index (χ1) is 9.81. The fourth-order valence-corrected chi connectivity index (χ4v) is 3.33. The Balaban J connectivity index is 1.50. The van der Waals surface area contributed by atoms with E-state index >= 15 is 0 Å². The summed E-state index contributed by atoms with van der Waals surface area (Å²) in [6.07, 6.45) is 7.26. The van der Waals surface area contributed by atoms with Crippen molar-refractivity contribution < 1.29 is 0 Å². The molecule has 0 spiro atoms. The van der Waals surface area contributed by atoms with Crippen LogP contribution in [0.1, 0.15) is 25.7 Å². The lowest BCUT2D eigenvalue weighted by Gasteiger charge is -2.30. The maximum absolute atomic E-state index is 4.59. The van der Waals surface area contributed by atoms with Crippen LogP contribution in [0.4, 0.5) is 11.5 Å². The van der Waals surface area contributed by atoms with Crippen molar-refractivity contribution in [2.45, 2.75) is 25.7 Å². The van der Waals surface area contributed by atoms with Crippen LogP contribution < -0.4 is 10.2 Å². The average Bonchev–Trinajstić information content (AvgIpc) is 3.00. The zero-order valence-corrected chi connectivity index (χ0v) is 12.5. The topological polar surface area (TPSA) is 31.4 Å². The minimum atomic E-state index is 0.770. The van der Waals surface area contributed by atoms with Crippen molar-refractivity contribution in [3.05, 3.63) is 18.3 Å². The van der Waals surface area contributed by atoms with E-state index in [9.17, 15) is 0 Å². The van der Waals surface area contributed by atoms with E-state index in [1.54, 1.807) is 0 Å². The first-order valence-corrected chi connectivity index (χ1v) is 7.95. The fourth-order valence-electron chi connectivity index (χ4n) is 3.33. The van der Waals surface area contributed by atoms with Gasteiger partial charge in [0.15, 0.2) is 0 Å². The van der Waals surface area contributed by atoms with Gasteiger partial charge in [-0.2, -0.15) is 0 Å². The second-order valence-electron chi connectivity index (χ2n) is 6.25. The second-order valence-corrected chi connectivity index (χ2v) is 6.25. The number of pyridine rings is 1. The third kappa shape index (κ3) is 3.42. The van der Waals surface area contributed by atoms with Gasteiger partial charge in [-0.3, -0.25) is 0 Å². The Kier molecular flexibility index (Phi) is 4.41. The summed E-state index contributed by atoms with van der Waals surface area (Å²) in [5, 5.41) is 3.55. The summed E-state index contributed by atoms with van der Waals surface area (Å²) in [5.74, 6) is 1.90. The van der Waals surface area contributed by atoms with Crippen molar-refractivity contribution >= 4 is 11.5 Å². The lowest BCUT2D eigenvalue weighted by Crippen LogP contribution is -2.35. The van der Waals surface area contributed by atoms with Crippen molar-refractivity contribution in [2.75, 3.05) is 50.0 Å². The van der Waals surface area contributed by atoms with E-state index < -0.39 is 0 Å². The molecule has 1 aromatic heterocycles. The number of aromatic nitrogens is 1. The molecule has 0 bridgehead atoms. The SMILES string of the molecule is CN1CCCC(CNc2ccc(N3CCCC3)nc2)C1. The monoisotopic (exact) mass is 274 g/mol. The average molecular weight is 274 g/mol. The minimum absolute atomic E-state index is 0.770. The van der Waals surface area contributed by atoms with Gasteiger partial charge >= 0.3 is 0 Å². The summed E-state index contributed by atoms with van der Waals surface area (Å²) in [4.78, 5) is 9.40. The smallest absolute Gasteiger partial charge is 0.128 e. The highest BCUT2D eigenvalue weighted by atomic mass is 15.2. The number of hydrogen-bond acceptors (Lipinski definition) is 4. The highest BCUT2D eigenvalue weighted by Gasteiger charge is 2.17. The summed E-state index contributed by atoms with van der Waals surface area (Å²) in [6, 6.07) is 4.33. The Morgan fingerprint density at radius 2 is 2.05 bits per heavy atom. The maximum Gasteiger partial charge on any atom is 0.128 e. The second kappa shape index (κ2) is 6.44. The third-order valence-corrected chi connectivity index (χ3v) is 4.49. The molecule has 0 aromatic carbocycles. The molecule has 4 nitrogen and oxygen atoms in total. The molecule has 3 rings (SSSR count). The van der Waals surface area contributed by atoms with E-state index in [1.165, 1.54) is 38.8 Å². The number of nitrogens with one attached hydrogen (secondary N) is 1. The quantitative estimate of drug-likeness (QED) is 0.914. The van der Waals surface area contributed by atoms with Crippen LogP contribution in [0.3, 0.4) is 0 Å². The molecule has 0 radical (unpaired) electrons. The molecule has 1 atom stereocenters. The fraction of sp³-hybridized carbons (Fsp3) is 0.688. The number of hydrogen-bond donors (Lipinski definition) is 1. The van der Waals surface area contributed by atoms with Gasteiger partial charge in [0.05, 0.1) is 11.9 Å². The molecular weight excluding hydrogens is 248 g/mol. The molecule has 110 valence electrons. The lowest BCUT2D eigenvalue weighted by molar-refractivity contribution is 0.217. The van der Waals surface area contributed by atoms with E-state index in [-0.39, 0.29) is 0 Å². The summed E-state index contributed by atoms with van der Waals surface area (Å²) >= 11 is 0. The molecule has 2 aliphatic rings. The summed E-state index contributed by atoms with van der Waals surface area (Å²) in [6.45, 7) is 5.85. The Hall–Kier alpha value is -1.29. The molecule has 4 heteroatoms. The van der Waals surface area contributed by atoms with E-state index in [4.69, 9.17) is 0 Å². The first-order valence-electron chi connectivity index (χ1n) is 7.95. The van der Waals surface area contributed by atoms with Gasteiger partial charge in [0.2, 0.25) is 0 Å². The summed E-state index contributed by atoms with van der Waals surface area (Å²) in [7, 11) is 2.22. The van der Waals surface area contributed by atoms with Gasteiger partial charge in [-0.15, -0.1) is 0 Å². The zero-order valence-electron chi connectivity index (χ0n) is 12.5. The van der Waals surface area contributed by atoms with Crippen molar-refractivity contribution in [2.24, 2.45) is 5.92 Å². The Labute approximate surface area is 122 Å². The van der Waals surface area contributed by atoms with Crippen molar-refractivity contribution in [1.29, 1.82) is 0 Å². The van der Waals surface area contributed by atoms with E-state index in [1.807, 2.05) is 6.20 Å². The van der Waals surface area contributed by atoms with Gasteiger partial charge in [0, 0.05) is 26.2 Å². The predicted molar refractivity (Wildman–Crippen MR) is 84.4 cm³/mol. The number of likely N-dealkylation sites (tertiary alicyclic amines) is 1. The number of nitrogens with zero attached hydrogens (tertiary/aromatic N) is 3. The van der Waals surface area contributed by atoms with E-state index in [2.05, 4.69) is 39.3 Å². The molecule has 0 aliphatic carbocycles. The Morgan fingerprint density at radius 1 is 1.20 bits per heavy atom. The van der Waals surface area contributed by atoms with E-state index in [0.29, 0.717) is 0 Å². The zero-order chi connectivity index (χ0) is 13.8. The normalized spacial score (nSPS) is 24.1. The van der Waals surface area contributed by atoms with Gasteiger partial charge in [-0.1, -0.05) is 0 Å². The molecule has 1 N–H and O–H groups in total. The predicted octanol–water partition coefficient (Wildman–Crippen LogP) is 2.44. The molecule has 1 unspecified atom stereocenters. The molecule has 1 aromatic rings. The number of piperidine rings is 1. The largest absolute Gasteiger partial charge is 0.383 e. The maximum atomic E-state index is 4.59. The summed E-state index contributed by atoms with van der Waals surface area (Å²) < 4.78 is 0. The van der Waals surface area contributed by atoms with Crippen LogP contribution in [0.15, 0.2) is 18.3 Å². The van der Waals surface area contributed by atoms with Crippen LogP contribution in [0, 0.1) is 5.92 Å². The number of rotatable bonds is 4. The Bertz CT molecular complexity index is 411. The van der Waals surface area contributed by atoms with Crippen LogP contribution in [-0.4, -0.2) is 49.7 Å². The van der Waals surface area contributed by atoms with Gasteiger partial charge in [0.1, 0.15) is 5.82 Å². The summed E-state index contributed by atoms with van der Waals surface area (Å²) in [5.41, 5.74) is 1.15. The highest BCUT2D eigenvalue weighted by Crippen LogP contribution is 2.20. The van der Waals surface area contributed by atoms with Gasteiger partial charge in [0.25, 0.3) is 0 Å². The molecule has 0 amide bonds. The highest BCUT2D eigenvalue weighted by molar-refractivity contribution is 5.49. The van der Waals surface area contributed by atoms with Crippen LogP contribution in [-0.2, 0) is 0 Å². The first kappa shape index (κ1) is 13.7. The van der Waals surface area contributed by atoms with Crippen LogP contribution >= 0.6 is 0 Å². The molecule has 3 heterocycles. The van der Waals surface area contributed by atoms with Crippen LogP contribution in [0.2, 0.25) is 0 Å². The number of anilines is 2. The Morgan fingerprint density at radius 3 is 2.75 bits per heavy atom. The van der Waals surface area contributed by atoms with Crippen LogP contribution in [0.25, 0.3) is 0 Å². The van der Waals surface area contributed by atoms with Gasteiger partial charge in [-0.05, 0) is 57.3 Å². The lowest BCUT2D eigenvalue weighted by atomic mass is 9.98. The molecule has 2 aliphatic heterocycles. The van der Waals surface area contributed by atoms with Crippen LogP contribution in [0.5, 0.6) is 0 Å². The third-order valence-electron chi connectivity index (χ3n) is 4.49. The molecule has 2 fully saturated rings.